The maximum atomic E-state index is 5.67. The van der Waals surface area contributed by atoms with Crippen LogP contribution in [0.4, 0.5) is 0 Å². The normalized spacial score (nSPS) is 15.8. The highest BCUT2D eigenvalue weighted by Gasteiger charge is 2.35. The zero-order valence-electron chi connectivity index (χ0n) is 18.2. The van der Waals surface area contributed by atoms with Crippen LogP contribution in [0.2, 0.25) is 0 Å². The van der Waals surface area contributed by atoms with Crippen molar-refractivity contribution in [1.29, 1.82) is 0 Å². The smallest absolute Gasteiger partial charge is 0.191 e. The van der Waals surface area contributed by atoms with E-state index in [-0.39, 0.29) is 29.4 Å². The van der Waals surface area contributed by atoms with Gasteiger partial charge in [-0.3, -0.25) is 4.99 Å². The topological polar surface area (TPSA) is 54.9 Å². The number of guanidine groups is 1. The molecule has 2 aromatic rings. The molecule has 1 fully saturated rings. The van der Waals surface area contributed by atoms with Crippen molar-refractivity contribution in [2.24, 2.45) is 4.99 Å². The minimum absolute atomic E-state index is 0. The number of aryl methyl sites for hydroxylation is 1. The lowest BCUT2D eigenvalue weighted by molar-refractivity contribution is 0.0512. The van der Waals surface area contributed by atoms with Crippen LogP contribution in [0.5, 0.6) is 5.75 Å². The van der Waals surface area contributed by atoms with Crippen molar-refractivity contribution in [3.05, 3.63) is 65.2 Å². The van der Waals surface area contributed by atoms with Gasteiger partial charge in [0.05, 0.1) is 7.11 Å². The largest absolute Gasteiger partial charge is 0.497 e. The van der Waals surface area contributed by atoms with Crippen molar-refractivity contribution in [3.8, 4) is 5.75 Å². The molecule has 1 saturated heterocycles. The van der Waals surface area contributed by atoms with E-state index in [1.54, 1.807) is 7.11 Å². The van der Waals surface area contributed by atoms with Crippen molar-refractivity contribution in [3.63, 3.8) is 0 Å². The van der Waals surface area contributed by atoms with Gasteiger partial charge in [0.25, 0.3) is 0 Å². The molecule has 0 spiro atoms. The molecule has 2 N–H and O–H groups in total. The van der Waals surface area contributed by atoms with Gasteiger partial charge in [-0.15, -0.1) is 24.0 Å². The van der Waals surface area contributed by atoms with E-state index in [9.17, 15) is 0 Å². The van der Waals surface area contributed by atoms with Gasteiger partial charge in [-0.25, -0.2) is 0 Å². The van der Waals surface area contributed by atoms with Gasteiger partial charge in [0, 0.05) is 38.8 Å². The first-order valence-electron chi connectivity index (χ1n) is 10.4. The van der Waals surface area contributed by atoms with Gasteiger partial charge >= 0.3 is 0 Å². The lowest BCUT2D eigenvalue weighted by Gasteiger charge is -2.39. The predicted octanol–water partition coefficient (Wildman–Crippen LogP) is 4.08. The van der Waals surface area contributed by atoms with Gasteiger partial charge in [0.2, 0.25) is 0 Å². The number of aliphatic imine (C=N–C) groups is 1. The molecule has 0 amide bonds. The van der Waals surface area contributed by atoms with Gasteiger partial charge in [-0.05, 0) is 55.0 Å². The standard InChI is InChI=1S/C24H33N3O2.HI/c1-19-6-4-5-7-22(19)24(13-16-29-17-14-24)18-27-23(25-2)26-15-12-20-8-10-21(28-3)11-9-20;/h4-11H,12-18H2,1-3H3,(H2,25,26,27);1H. The molecule has 0 radical (unpaired) electrons. The molecule has 30 heavy (non-hydrogen) atoms. The van der Waals surface area contributed by atoms with Crippen molar-refractivity contribution in [2.75, 3.05) is 40.5 Å². The second-order valence-electron chi connectivity index (χ2n) is 7.66. The van der Waals surface area contributed by atoms with Crippen molar-refractivity contribution in [2.45, 2.75) is 31.6 Å². The van der Waals surface area contributed by atoms with E-state index in [1.165, 1.54) is 16.7 Å². The van der Waals surface area contributed by atoms with E-state index >= 15 is 0 Å². The molecular weight excluding hydrogens is 489 g/mol. The fraction of sp³-hybridized carbons (Fsp3) is 0.458. The third-order valence-electron chi connectivity index (χ3n) is 5.85. The summed E-state index contributed by atoms with van der Waals surface area (Å²) in [4.78, 5) is 4.42. The van der Waals surface area contributed by atoms with E-state index in [0.29, 0.717) is 0 Å². The van der Waals surface area contributed by atoms with E-state index < -0.39 is 0 Å². The molecule has 2 aromatic carbocycles. The number of nitrogens with one attached hydrogen (secondary N) is 2. The first-order chi connectivity index (χ1) is 14.2. The lowest BCUT2D eigenvalue weighted by Crippen LogP contribution is -2.48. The zero-order chi connectivity index (χ0) is 20.5. The highest BCUT2D eigenvalue weighted by Crippen LogP contribution is 2.36. The third kappa shape index (κ3) is 6.35. The van der Waals surface area contributed by atoms with Crippen molar-refractivity contribution < 1.29 is 9.47 Å². The van der Waals surface area contributed by atoms with Gasteiger partial charge in [-0.2, -0.15) is 0 Å². The molecule has 0 unspecified atom stereocenters. The summed E-state index contributed by atoms with van der Waals surface area (Å²) in [5.74, 6) is 1.73. The molecular formula is C24H34IN3O2. The second-order valence-corrected chi connectivity index (χ2v) is 7.66. The molecule has 1 heterocycles. The summed E-state index contributed by atoms with van der Waals surface area (Å²) < 4.78 is 10.9. The Bertz CT molecular complexity index is 802. The quantitative estimate of drug-likeness (QED) is 0.327. The number of nitrogens with zero attached hydrogens (tertiary/aromatic N) is 1. The minimum atomic E-state index is 0. The fourth-order valence-corrected chi connectivity index (χ4v) is 4.06. The molecule has 1 aliphatic heterocycles. The average molecular weight is 523 g/mol. The second kappa shape index (κ2) is 12.2. The van der Waals surface area contributed by atoms with Crippen LogP contribution in [0.25, 0.3) is 0 Å². The van der Waals surface area contributed by atoms with Crippen molar-refractivity contribution in [1.82, 2.24) is 10.6 Å². The summed E-state index contributed by atoms with van der Waals surface area (Å²) in [5.41, 5.74) is 4.12. The summed E-state index contributed by atoms with van der Waals surface area (Å²) >= 11 is 0. The molecule has 0 aromatic heterocycles. The summed E-state index contributed by atoms with van der Waals surface area (Å²) in [6.07, 6.45) is 2.98. The summed E-state index contributed by atoms with van der Waals surface area (Å²) in [6, 6.07) is 16.9. The van der Waals surface area contributed by atoms with Gasteiger partial charge in [-0.1, -0.05) is 36.4 Å². The highest BCUT2D eigenvalue weighted by molar-refractivity contribution is 14.0. The fourth-order valence-electron chi connectivity index (χ4n) is 4.06. The molecule has 3 rings (SSSR count). The van der Waals surface area contributed by atoms with Gasteiger partial charge < -0.3 is 20.1 Å². The molecule has 0 saturated carbocycles. The van der Waals surface area contributed by atoms with E-state index in [2.05, 4.69) is 58.9 Å². The Kier molecular flexibility index (Phi) is 9.91. The Hall–Kier alpha value is -1.80. The van der Waals surface area contributed by atoms with Crippen LogP contribution in [0.3, 0.4) is 0 Å². The van der Waals surface area contributed by atoms with Crippen LogP contribution < -0.4 is 15.4 Å². The Morgan fingerprint density at radius 1 is 1.07 bits per heavy atom. The zero-order valence-corrected chi connectivity index (χ0v) is 20.6. The highest BCUT2D eigenvalue weighted by atomic mass is 127. The van der Waals surface area contributed by atoms with E-state index in [1.807, 2.05) is 19.2 Å². The maximum Gasteiger partial charge on any atom is 0.191 e. The number of rotatable bonds is 7. The first-order valence-corrected chi connectivity index (χ1v) is 10.4. The predicted molar refractivity (Wildman–Crippen MR) is 134 cm³/mol. The van der Waals surface area contributed by atoms with Crippen LogP contribution in [0, 0.1) is 6.92 Å². The molecule has 0 aliphatic carbocycles. The Labute approximate surface area is 197 Å². The Morgan fingerprint density at radius 3 is 2.40 bits per heavy atom. The van der Waals surface area contributed by atoms with E-state index in [4.69, 9.17) is 9.47 Å². The monoisotopic (exact) mass is 523 g/mol. The van der Waals surface area contributed by atoms with Crippen LogP contribution in [0.1, 0.15) is 29.5 Å². The Morgan fingerprint density at radius 2 is 1.77 bits per heavy atom. The number of halogens is 1. The van der Waals surface area contributed by atoms with Crippen LogP contribution >= 0.6 is 24.0 Å². The lowest BCUT2D eigenvalue weighted by atomic mass is 9.72. The van der Waals surface area contributed by atoms with E-state index in [0.717, 1.165) is 57.3 Å². The summed E-state index contributed by atoms with van der Waals surface area (Å²) in [7, 11) is 3.52. The summed E-state index contributed by atoms with van der Waals surface area (Å²) in [5, 5.41) is 7.02. The number of methoxy groups -OCH3 is 1. The van der Waals surface area contributed by atoms with Gasteiger partial charge in [0.15, 0.2) is 5.96 Å². The minimum Gasteiger partial charge on any atom is -0.497 e. The molecule has 6 heteroatoms. The summed E-state index contributed by atoms with van der Waals surface area (Å²) in [6.45, 7) is 5.49. The molecule has 0 bridgehead atoms. The van der Waals surface area contributed by atoms with Crippen LogP contribution in [-0.4, -0.2) is 46.4 Å². The average Bonchev–Trinajstić information content (AvgIpc) is 2.77. The van der Waals surface area contributed by atoms with Crippen LogP contribution in [-0.2, 0) is 16.6 Å². The molecule has 1 aliphatic rings. The number of hydrogen-bond acceptors (Lipinski definition) is 3. The Balaban J connectivity index is 0.00000320. The number of ether oxygens (including phenoxy) is 2. The number of benzene rings is 2. The number of hydrogen-bond donors (Lipinski definition) is 2. The molecule has 0 atom stereocenters. The maximum absolute atomic E-state index is 5.67. The van der Waals surface area contributed by atoms with Crippen LogP contribution in [0.15, 0.2) is 53.5 Å². The third-order valence-corrected chi connectivity index (χ3v) is 5.85. The SMILES string of the molecule is CN=C(NCCc1ccc(OC)cc1)NCC1(c2ccccc2C)CCOCC1.I. The first kappa shape index (κ1) is 24.5. The molecule has 5 nitrogen and oxygen atoms in total. The van der Waals surface area contributed by atoms with Gasteiger partial charge in [0.1, 0.15) is 5.75 Å². The molecule has 164 valence electrons. The van der Waals surface area contributed by atoms with Crippen molar-refractivity contribution >= 4 is 29.9 Å².